The molecule has 4 aromatic rings. The summed E-state index contributed by atoms with van der Waals surface area (Å²) in [5.74, 6) is 0.508. The Hall–Kier alpha value is -3.07. The summed E-state index contributed by atoms with van der Waals surface area (Å²) < 4.78 is 4.17. The molecular weight excluding hydrogens is 465 g/mol. The highest BCUT2D eigenvalue weighted by Gasteiger charge is 2.30. The number of anilines is 2. The Morgan fingerprint density at radius 3 is 2.52 bits per heavy atom. The van der Waals surface area contributed by atoms with Gasteiger partial charge in [0.05, 0.1) is 25.7 Å². The molecule has 0 bridgehead atoms. The summed E-state index contributed by atoms with van der Waals surface area (Å²) in [5.41, 5.74) is 2.08. The molecule has 0 radical (unpaired) electrons. The molecule has 0 spiro atoms. The Labute approximate surface area is 198 Å². The molecule has 2 aromatic heterocycles. The maximum Gasteiger partial charge on any atom is 0.332 e. The van der Waals surface area contributed by atoms with Gasteiger partial charge in [-0.15, -0.1) is 0 Å². The van der Waals surface area contributed by atoms with Crippen LogP contribution in [0.1, 0.15) is 11.1 Å². The Balaban J connectivity index is 1.71. The average molecular weight is 486 g/mol. The lowest BCUT2D eigenvalue weighted by Crippen LogP contribution is -2.42. The van der Waals surface area contributed by atoms with Gasteiger partial charge in [-0.05, 0) is 36.8 Å². The van der Waals surface area contributed by atoms with Crippen LogP contribution in [-0.2, 0) is 20.1 Å². The number of rotatable bonds is 3. The molecule has 1 aliphatic heterocycles. The topological polar surface area (TPSA) is 85.3 Å². The average Bonchev–Trinajstić information content (AvgIpc) is 3.16. The van der Waals surface area contributed by atoms with Crippen molar-refractivity contribution in [3.63, 3.8) is 0 Å². The summed E-state index contributed by atoms with van der Waals surface area (Å²) in [6.07, 6.45) is -0.716. The number of imidazole rings is 1. The third-order valence-electron chi connectivity index (χ3n) is 5.93. The molecule has 1 N–H and O–H groups in total. The van der Waals surface area contributed by atoms with Gasteiger partial charge in [0.1, 0.15) is 0 Å². The molecule has 0 amide bonds. The number of aliphatic hydroxyl groups excluding tert-OH is 1. The molecule has 1 unspecified atom stereocenters. The minimum Gasteiger partial charge on any atom is -0.389 e. The molecule has 1 atom stereocenters. The smallest absolute Gasteiger partial charge is 0.332 e. The molecule has 170 valence electrons. The standard InChI is InChI=1S/C23H21Cl2N5O3/c1-13-3-7-16(8-4-13)28-11-17(31)12-29-19-20(26-22(28)29)27(2)23(33)30(21(19)32)10-14-5-6-15(24)9-18(14)25/h3-9,17,31H,10-12H2,1-2H3. The zero-order valence-corrected chi connectivity index (χ0v) is 19.5. The number of benzene rings is 2. The van der Waals surface area contributed by atoms with E-state index in [1.165, 1.54) is 4.57 Å². The van der Waals surface area contributed by atoms with Crippen molar-refractivity contribution in [2.75, 3.05) is 11.4 Å². The lowest BCUT2D eigenvalue weighted by molar-refractivity contribution is 0.154. The number of fused-ring (bicyclic) bond motifs is 3. The van der Waals surface area contributed by atoms with Gasteiger partial charge in [0.2, 0.25) is 5.95 Å². The second kappa shape index (κ2) is 8.06. The van der Waals surface area contributed by atoms with E-state index < -0.39 is 17.4 Å². The zero-order valence-electron chi connectivity index (χ0n) is 18.0. The summed E-state index contributed by atoms with van der Waals surface area (Å²) in [4.78, 5) is 33.1. The Morgan fingerprint density at radius 2 is 1.82 bits per heavy atom. The molecule has 0 saturated carbocycles. The van der Waals surface area contributed by atoms with Crippen LogP contribution in [0.5, 0.6) is 0 Å². The van der Waals surface area contributed by atoms with Crippen LogP contribution >= 0.6 is 23.2 Å². The third kappa shape index (κ3) is 3.64. The lowest BCUT2D eigenvalue weighted by atomic mass is 10.2. The van der Waals surface area contributed by atoms with Crippen LogP contribution in [-0.4, -0.2) is 36.4 Å². The van der Waals surface area contributed by atoms with Crippen molar-refractivity contribution in [1.29, 1.82) is 0 Å². The van der Waals surface area contributed by atoms with E-state index in [4.69, 9.17) is 23.2 Å². The molecule has 8 nitrogen and oxygen atoms in total. The highest BCUT2D eigenvalue weighted by molar-refractivity contribution is 6.35. The lowest BCUT2D eigenvalue weighted by Gasteiger charge is -2.32. The van der Waals surface area contributed by atoms with E-state index in [-0.39, 0.29) is 24.3 Å². The van der Waals surface area contributed by atoms with Gasteiger partial charge in [-0.1, -0.05) is 47.0 Å². The Kier molecular flexibility index (Phi) is 5.31. The van der Waals surface area contributed by atoms with Gasteiger partial charge >= 0.3 is 5.69 Å². The van der Waals surface area contributed by atoms with E-state index in [1.54, 1.807) is 29.8 Å². The van der Waals surface area contributed by atoms with Gasteiger partial charge in [-0.2, -0.15) is 4.98 Å². The minimum absolute atomic E-state index is 0.0117. The van der Waals surface area contributed by atoms with Gasteiger partial charge in [-0.25, -0.2) is 4.79 Å². The highest BCUT2D eigenvalue weighted by Crippen LogP contribution is 2.31. The molecule has 3 heterocycles. The molecule has 5 rings (SSSR count). The summed E-state index contributed by atoms with van der Waals surface area (Å²) in [6, 6.07) is 12.8. The maximum atomic E-state index is 13.5. The molecule has 0 fully saturated rings. The van der Waals surface area contributed by atoms with Gasteiger partial charge < -0.3 is 14.6 Å². The molecule has 1 aliphatic rings. The predicted molar refractivity (Wildman–Crippen MR) is 129 cm³/mol. The van der Waals surface area contributed by atoms with Crippen molar-refractivity contribution < 1.29 is 5.11 Å². The number of hydrogen-bond acceptors (Lipinski definition) is 5. The molecule has 0 aliphatic carbocycles. The van der Waals surface area contributed by atoms with E-state index in [0.717, 1.165) is 15.8 Å². The number of hydrogen-bond donors (Lipinski definition) is 1. The van der Waals surface area contributed by atoms with Crippen molar-refractivity contribution in [2.24, 2.45) is 7.05 Å². The van der Waals surface area contributed by atoms with E-state index in [2.05, 4.69) is 4.98 Å². The number of aryl methyl sites for hydroxylation is 2. The van der Waals surface area contributed by atoms with Crippen LogP contribution in [0, 0.1) is 6.92 Å². The fourth-order valence-electron chi connectivity index (χ4n) is 4.21. The van der Waals surface area contributed by atoms with Crippen LogP contribution in [0.25, 0.3) is 11.2 Å². The second-order valence-electron chi connectivity index (χ2n) is 8.26. The van der Waals surface area contributed by atoms with Crippen LogP contribution < -0.4 is 16.1 Å². The monoisotopic (exact) mass is 485 g/mol. The molecule has 2 aromatic carbocycles. The molecule has 0 saturated heterocycles. The number of halogens is 2. The van der Waals surface area contributed by atoms with E-state index in [1.807, 2.05) is 36.1 Å². The van der Waals surface area contributed by atoms with Gasteiger partial charge in [-0.3, -0.25) is 13.9 Å². The maximum absolute atomic E-state index is 13.5. The number of nitrogens with zero attached hydrogens (tertiary/aromatic N) is 5. The molecule has 10 heteroatoms. The third-order valence-corrected chi connectivity index (χ3v) is 6.52. The number of β-amino-alcohol motifs (C(OH)–C–C–N with tert-alkyl or cyclic N) is 1. The SMILES string of the molecule is Cc1ccc(N2CC(O)Cn3c2nc2c3c(=O)n(Cc3ccc(Cl)cc3Cl)c(=O)n2C)cc1. The fourth-order valence-corrected chi connectivity index (χ4v) is 4.67. The number of aliphatic hydroxyl groups is 1. The first-order chi connectivity index (χ1) is 15.7. The van der Waals surface area contributed by atoms with Crippen LogP contribution in [0.4, 0.5) is 11.6 Å². The van der Waals surface area contributed by atoms with Gasteiger partial charge in [0.25, 0.3) is 5.56 Å². The predicted octanol–water partition coefficient (Wildman–Crippen LogP) is 3.07. The largest absolute Gasteiger partial charge is 0.389 e. The summed E-state index contributed by atoms with van der Waals surface area (Å²) in [5, 5.41) is 11.4. The minimum atomic E-state index is -0.716. The van der Waals surface area contributed by atoms with Crippen LogP contribution in [0.15, 0.2) is 52.1 Å². The first-order valence-corrected chi connectivity index (χ1v) is 11.2. The Bertz CT molecular complexity index is 1500. The van der Waals surface area contributed by atoms with E-state index in [0.29, 0.717) is 28.1 Å². The van der Waals surface area contributed by atoms with Crippen molar-refractivity contribution in [3.05, 3.63) is 84.5 Å². The fraction of sp³-hybridized carbons (Fsp3) is 0.261. The van der Waals surface area contributed by atoms with E-state index >= 15 is 0 Å². The Morgan fingerprint density at radius 1 is 1.09 bits per heavy atom. The number of aromatic nitrogens is 4. The van der Waals surface area contributed by atoms with Crippen LogP contribution in [0.2, 0.25) is 10.0 Å². The quantitative estimate of drug-likeness (QED) is 0.481. The summed E-state index contributed by atoms with van der Waals surface area (Å²) >= 11 is 12.3. The first kappa shape index (κ1) is 21.8. The highest BCUT2D eigenvalue weighted by atomic mass is 35.5. The van der Waals surface area contributed by atoms with Crippen molar-refractivity contribution in [3.8, 4) is 0 Å². The zero-order chi connectivity index (χ0) is 23.4. The van der Waals surface area contributed by atoms with Gasteiger partial charge in [0.15, 0.2) is 11.2 Å². The van der Waals surface area contributed by atoms with Gasteiger partial charge in [0, 0.05) is 22.8 Å². The first-order valence-electron chi connectivity index (χ1n) is 10.4. The normalized spacial score (nSPS) is 15.8. The second-order valence-corrected chi connectivity index (χ2v) is 9.11. The summed E-state index contributed by atoms with van der Waals surface area (Å²) in [7, 11) is 1.58. The molecular formula is C23H21Cl2N5O3. The molecule has 33 heavy (non-hydrogen) atoms. The van der Waals surface area contributed by atoms with Crippen LogP contribution in [0.3, 0.4) is 0 Å². The van der Waals surface area contributed by atoms with Crippen molar-refractivity contribution >= 4 is 46.0 Å². The summed E-state index contributed by atoms with van der Waals surface area (Å²) in [6.45, 7) is 2.51. The van der Waals surface area contributed by atoms with E-state index in [9.17, 15) is 14.7 Å². The van der Waals surface area contributed by atoms with Crippen molar-refractivity contribution in [1.82, 2.24) is 18.7 Å². The van der Waals surface area contributed by atoms with Crippen molar-refractivity contribution in [2.45, 2.75) is 26.1 Å².